The number of hydrogen-bond acceptors (Lipinski definition) is 5. The summed E-state index contributed by atoms with van der Waals surface area (Å²) in [6.45, 7) is 1.91. The van der Waals surface area contributed by atoms with E-state index in [1.54, 1.807) is 18.2 Å². The van der Waals surface area contributed by atoms with Crippen molar-refractivity contribution in [3.63, 3.8) is 0 Å². The summed E-state index contributed by atoms with van der Waals surface area (Å²) < 4.78 is 5.63. The lowest BCUT2D eigenvalue weighted by molar-refractivity contribution is 0.456. The fourth-order valence-corrected chi connectivity index (χ4v) is 1.86. The van der Waals surface area contributed by atoms with E-state index < -0.39 is 0 Å². The molecule has 0 unspecified atom stereocenters. The van der Waals surface area contributed by atoms with E-state index in [1.807, 2.05) is 19.2 Å². The van der Waals surface area contributed by atoms with Gasteiger partial charge in [0.2, 0.25) is 5.88 Å². The minimum Gasteiger partial charge on any atom is -0.439 e. The molecule has 0 fully saturated rings. The number of benzene rings is 1. The number of nitrogen functional groups attached to an aromatic ring is 1. The third-order valence-corrected chi connectivity index (χ3v) is 3.21. The van der Waals surface area contributed by atoms with Gasteiger partial charge in [0, 0.05) is 11.1 Å². The van der Waals surface area contributed by atoms with Gasteiger partial charge < -0.3 is 10.5 Å². The zero-order chi connectivity index (χ0) is 13.1. The van der Waals surface area contributed by atoms with Gasteiger partial charge in [-0.3, -0.25) is 0 Å². The zero-order valence-electron chi connectivity index (χ0n) is 9.98. The molecule has 1 aromatic heterocycles. The minimum atomic E-state index is 0.384. The minimum absolute atomic E-state index is 0.384. The van der Waals surface area contributed by atoms with Crippen LogP contribution in [0.5, 0.6) is 11.6 Å². The lowest BCUT2D eigenvalue weighted by Crippen LogP contribution is -1.97. The number of ether oxygens (including phenoxy) is 1. The maximum Gasteiger partial charge on any atom is 0.225 e. The van der Waals surface area contributed by atoms with Gasteiger partial charge in [-0.2, -0.15) is 4.98 Å². The predicted octanol–water partition coefficient (Wildman–Crippen LogP) is 3.53. The smallest absolute Gasteiger partial charge is 0.225 e. The number of nitrogens with zero attached hydrogens (tertiary/aromatic N) is 2. The second kappa shape index (κ2) is 5.46. The largest absolute Gasteiger partial charge is 0.439 e. The van der Waals surface area contributed by atoms with Crippen LogP contribution in [0.3, 0.4) is 0 Å². The Kier molecular flexibility index (Phi) is 3.93. The Morgan fingerprint density at radius 3 is 2.72 bits per heavy atom. The lowest BCUT2D eigenvalue weighted by Gasteiger charge is -2.07. The quantitative estimate of drug-likeness (QED) is 0.689. The maximum atomic E-state index is 5.95. The molecule has 0 aliphatic rings. The summed E-state index contributed by atoms with van der Waals surface area (Å²) in [7, 11) is 0. The van der Waals surface area contributed by atoms with Crippen LogP contribution < -0.4 is 10.5 Å². The molecule has 0 saturated heterocycles. The number of rotatable bonds is 3. The van der Waals surface area contributed by atoms with Gasteiger partial charge in [0.1, 0.15) is 11.6 Å². The summed E-state index contributed by atoms with van der Waals surface area (Å²) in [6.07, 6.45) is 1.88. The molecule has 1 heterocycles. The van der Waals surface area contributed by atoms with E-state index in [9.17, 15) is 0 Å². The van der Waals surface area contributed by atoms with Gasteiger partial charge in [-0.1, -0.05) is 23.4 Å². The van der Waals surface area contributed by atoms with Crippen LogP contribution in [0.2, 0.25) is 5.02 Å². The average molecular weight is 282 g/mol. The van der Waals surface area contributed by atoms with Crippen LogP contribution >= 0.6 is 23.4 Å². The summed E-state index contributed by atoms with van der Waals surface area (Å²) in [4.78, 5) is 8.27. The van der Waals surface area contributed by atoms with Crippen molar-refractivity contribution in [2.45, 2.75) is 12.1 Å². The molecule has 0 atom stereocenters. The van der Waals surface area contributed by atoms with E-state index >= 15 is 0 Å². The Hall–Kier alpha value is -1.46. The molecule has 2 N–H and O–H groups in total. The van der Waals surface area contributed by atoms with Crippen molar-refractivity contribution in [3.05, 3.63) is 34.9 Å². The van der Waals surface area contributed by atoms with E-state index in [0.717, 1.165) is 5.56 Å². The van der Waals surface area contributed by atoms with Gasteiger partial charge in [0.15, 0.2) is 5.16 Å². The van der Waals surface area contributed by atoms with Crippen molar-refractivity contribution < 1.29 is 4.74 Å². The first kappa shape index (κ1) is 13.0. The number of aryl methyl sites for hydroxylation is 1. The van der Waals surface area contributed by atoms with Gasteiger partial charge in [-0.25, -0.2) is 4.98 Å². The molecule has 0 radical (unpaired) electrons. The molecule has 0 spiro atoms. The highest BCUT2D eigenvalue weighted by atomic mass is 35.5. The van der Waals surface area contributed by atoms with Crippen molar-refractivity contribution in [3.8, 4) is 11.6 Å². The SMILES string of the molecule is CSc1nc(N)cc(Oc2ccc(Cl)c(C)c2)n1. The molecule has 2 aromatic rings. The van der Waals surface area contributed by atoms with E-state index in [0.29, 0.717) is 27.6 Å². The summed E-state index contributed by atoms with van der Waals surface area (Å²) >= 11 is 7.36. The van der Waals surface area contributed by atoms with Crippen molar-refractivity contribution in [1.82, 2.24) is 9.97 Å². The molecule has 2 rings (SSSR count). The molecule has 6 heteroatoms. The molecule has 0 aliphatic carbocycles. The normalized spacial score (nSPS) is 10.4. The number of halogens is 1. The first-order valence-electron chi connectivity index (χ1n) is 5.21. The Bertz CT molecular complexity index is 577. The van der Waals surface area contributed by atoms with E-state index in [4.69, 9.17) is 22.1 Å². The molecule has 4 nitrogen and oxygen atoms in total. The summed E-state index contributed by atoms with van der Waals surface area (Å²) in [5.41, 5.74) is 6.62. The number of anilines is 1. The zero-order valence-corrected chi connectivity index (χ0v) is 11.5. The Morgan fingerprint density at radius 1 is 1.28 bits per heavy atom. The van der Waals surface area contributed by atoms with Crippen LogP contribution in [-0.4, -0.2) is 16.2 Å². The average Bonchev–Trinajstić information content (AvgIpc) is 2.33. The highest BCUT2D eigenvalue weighted by Gasteiger charge is 2.05. The second-order valence-electron chi connectivity index (χ2n) is 3.63. The number of hydrogen-bond donors (Lipinski definition) is 1. The molecule has 0 aliphatic heterocycles. The monoisotopic (exact) mass is 281 g/mol. The van der Waals surface area contributed by atoms with Gasteiger partial charge in [0.25, 0.3) is 0 Å². The highest BCUT2D eigenvalue weighted by Crippen LogP contribution is 2.26. The van der Waals surface area contributed by atoms with Crippen LogP contribution in [0.4, 0.5) is 5.82 Å². The Morgan fingerprint density at radius 2 is 2.06 bits per heavy atom. The first-order chi connectivity index (χ1) is 8.58. The standard InChI is InChI=1S/C12H12ClN3OS/c1-7-5-8(3-4-9(7)13)17-11-6-10(14)15-12(16-11)18-2/h3-6H,1-2H3,(H2,14,15,16). The maximum absolute atomic E-state index is 5.95. The molecular formula is C12H12ClN3OS. The van der Waals surface area contributed by atoms with Crippen molar-refractivity contribution in [2.24, 2.45) is 0 Å². The van der Waals surface area contributed by atoms with Crippen LogP contribution in [0, 0.1) is 6.92 Å². The van der Waals surface area contributed by atoms with Crippen LogP contribution in [-0.2, 0) is 0 Å². The van der Waals surface area contributed by atoms with E-state index in [2.05, 4.69) is 9.97 Å². The molecule has 0 amide bonds. The Labute approximate surface area is 115 Å². The summed E-state index contributed by atoms with van der Waals surface area (Å²) in [5.74, 6) is 1.48. The molecule has 18 heavy (non-hydrogen) atoms. The summed E-state index contributed by atoms with van der Waals surface area (Å²) in [5, 5.41) is 1.28. The third-order valence-electron chi connectivity index (χ3n) is 2.24. The van der Waals surface area contributed by atoms with Crippen LogP contribution in [0.1, 0.15) is 5.56 Å². The second-order valence-corrected chi connectivity index (χ2v) is 4.81. The summed E-state index contributed by atoms with van der Waals surface area (Å²) in [6, 6.07) is 7.00. The van der Waals surface area contributed by atoms with Gasteiger partial charge in [-0.15, -0.1) is 0 Å². The molecular weight excluding hydrogens is 270 g/mol. The predicted molar refractivity (Wildman–Crippen MR) is 74.5 cm³/mol. The molecule has 0 bridgehead atoms. The molecule has 1 aromatic carbocycles. The van der Waals surface area contributed by atoms with Crippen LogP contribution in [0.15, 0.2) is 29.4 Å². The lowest BCUT2D eigenvalue weighted by atomic mass is 10.2. The number of thioether (sulfide) groups is 1. The first-order valence-corrected chi connectivity index (χ1v) is 6.81. The van der Waals surface area contributed by atoms with E-state index in [1.165, 1.54) is 11.8 Å². The topological polar surface area (TPSA) is 61.0 Å². The third kappa shape index (κ3) is 3.05. The van der Waals surface area contributed by atoms with Crippen molar-refractivity contribution in [2.75, 3.05) is 12.0 Å². The fourth-order valence-electron chi connectivity index (χ4n) is 1.37. The van der Waals surface area contributed by atoms with Crippen molar-refractivity contribution in [1.29, 1.82) is 0 Å². The number of aromatic nitrogens is 2. The van der Waals surface area contributed by atoms with Gasteiger partial charge in [0.05, 0.1) is 0 Å². The highest BCUT2D eigenvalue weighted by molar-refractivity contribution is 7.98. The fraction of sp³-hybridized carbons (Fsp3) is 0.167. The van der Waals surface area contributed by atoms with Crippen molar-refractivity contribution >= 4 is 29.2 Å². The van der Waals surface area contributed by atoms with Crippen LogP contribution in [0.25, 0.3) is 0 Å². The molecule has 94 valence electrons. The molecule has 0 saturated carbocycles. The Balaban J connectivity index is 2.27. The van der Waals surface area contributed by atoms with E-state index in [-0.39, 0.29) is 0 Å². The van der Waals surface area contributed by atoms with Gasteiger partial charge in [-0.05, 0) is 36.9 Å². The number of nitrogens with two attached hydrogens (primary N) is 1. The van der Waals surface area contributed by atoms with Gasteiger partial charge >= 0.3 is 0 Å².